The Kier molecular flexibility index (Phi) is 3.59. The van der Waals surface area contributed by atoms with Crippen molar-refractivity contribution in [2.75, 3.05) is 6.61 Å². The summed E-state index contributed by atoms with van der Waals surface area (Å²) in [5.41, 5.74) is 6.53. The number of primary sulfonamides is 1. The quantitative estimate of drug-likeness (QED) is 0.616. The fourth-order valence-electron chi connectivity index (χ4n) is 1.80. The molecule has 2 unspecified atom stereocenters. The molecule has 7 nitrogen and oxygen atoms in total. The van der Waals surface area contributed by atoms with Gasteiger partial charge in [-0.15, -0.1) is 0 Å². The number of carboxylic acids is 1. The molecule has 1 saturated heterocycles. The number of carboxylic acid groups (broad SMARTS) is 1. The summed E-state index contributed by atoms with van der Waals surface area (Å²) in [6, 6.07) is 3.42. The molecule has 8 heteroatoms. The maximum atomic E-state index is 11.4. The second kappa shape index (κ2) is 4.89. The number of aliphatic carboxylic acids is 1. The molecular weight excluding hydrogens is 272 g/mol. The predicted molar refractivity (Wildman–Crippen MR) is 65.8 cm³/mol. The number of nitrogens with two attached hydrogens (primary N) is 2. The number of carbonyl (C=O) groups is 1. The Morgan fingerprint density at radius 1 is 1.53 bits per heavy atom. The fourth-order valence-corrected chi connectivity index (χ4v) is 2.58. The highest BCUT2D eigenvalue weighted by atomic mass is 32.2. The lowest BCUT2D eigenvalue weighted by atomic mass is 10.0. The summed E-state index contributed by atoms with van der Waals surface area (Å²) in [7, 11) is -3.83. The van der Waals surface area contributed by atoms with E-state index in [1.165, 1.54) is 12.1 Å². The van der Waals surface area contributed by atoms with Gasteiger partial charge in [0.1, 0.15) is 12.1 Å². The van der Waals surface area contributed by atoms with E-state index in [2.05, 4.69) is 0 Å². The van der Waals surface area contributed by atoms with Gasteiger partial charge in [-0.2, -0.15) is 0 Å². The fraction of sp³-hybridized carbons (Fsp3) is 0.364. The second-order valence-corrected chi connectivity index (χ2v) is 5.92. The van der Waals surface area contributed by atoms with Gasteiger partial charge in [-0.1, -0.05) is 12.1 Å². The summed E-state index contributed by atoms with van der Waals surface area (Å²) in [5, 5.41) is 13.9. The van der Waals surface area contributed by atoms with E-state index in [9.17, 15) is 13.2 Å². The third kappa shape index (κ3) is 3.29. The molecule has 2 atom stereocenters. The van der Waals surface area contributed by atoms with Crippen LogP contribution in [0, 0.1) is 0 Å². The number of sulfonamides is 1. The van der Waals surface area contributed by atoms with Crippen LogP contribution in [0.5, 0.6) is 0 Å². The van der Waals surface area contributed by atoms with Crippen molar-refractivity contribution in [1.82, 2.24) is 0 Å². The average molecular weight is 286 g/mol. The van der Waals surface area contributed by atoms with Crippen LogP contribution in [0.1, 0.15) is 17.2 Å². The van der Waals surface area contributed by atoms with Gasteiger partial charge in [-0.05, 0) is 18.1 Å². The first-order valence-corrected chi connectivity index (χ1v) is 7.09. The molecule has 1 heterocycles. The first kappa shape index (κ1) is 13.9. The largest absolute Gasteiger partial charge is 0.480 e. The molecule has 0 amide bonds. The predicted octanol–water partition coefficient (Wildman–Crippen LogP) is -0.640. The van der Waals surface area contributed by atoms with Crippen molar-refractivity contribution in [1.29, 1.82) is 0 Å². The summed E-state index contributed by atoms with van der Waals surface area (Å²) in [4.78, 5) is 10.7. The summed E-state index contributed by atoms with van der Waals surface area (Å²) in [6.07, 6.45) is -0.186. The molecule has 0 bridgehead atoms. The van der Waals surface area contributed by atoms with Crippen LogP contribution < -0.4 is 10.9 Å². The van der Waals surface area contributed by atoms with E-state index in [4.69, 9.17) is 20.7 Å². The maximum Gasteiger partial charge on any atom is 0.320 e. The zero-order valence-corrected chi connectivity index (χ0v) is 10.8. The van der Waals surface area contributed by atoms with Crippen LogP contribution in [0.25, 0.3) is 0 Å². The smallest absolute Gasteiger partial charge is 0.320 e. The van der Waals surface area contributed by atoms with Crippen LogP contribution in [0.15, 0.2) is 23.1 Å². The van der Waals surface area contributed by atoms with Crippen molar-refractivity contribution in [2.24, 2.45) is 10.9 Å². The van der Waals surface area contributed by atoms with Crippen LogP contribution in [0.2, 0.25) is 0 Å². The van der Waals surface area contributed by atoms with Gasteiger partial charge in [0.05, 0.1) is 11.5 Å². The Labute approximate surface area is 110 Å². The first-order chi connectivity index (χ1) is 8.79. The molecule has 0 saturated carbocycles. The molecule has 1 aromatic carbocycles. The first-order valence-electron chi connectivity index (χ1n) is 5.54. The Bertz CT molecular complexity index is 610. The van der Waals surface area contributed by atoms with Crippen LogP contribution in [-0.2, 0) is 26.0 Å². The van der Waals surface area contributed by atoms with Crippen LogP contribution in [0.3, 0.4) is 0 Å². The number of ether oxygens (including phenoxy) is 1. The molecule has 19 heavy (non-hydrogen) atoms. The number of epoxide rings is 1. The van der Waals surface area contributed by atoms with E-state index in [0.29, 0.717) is 17.7 Å². The van der Waals surface area contributed by atoms with E-state index in [1.54, 1.807) is 6.07 Å². The third-order valence-electron chi connectivity index (χ3n) is 2.83. The molecule has 1 aromatic rings. The van der Waals surface area contributed by atoms with Crippen molar-refractivity contribution in [3.05, 3.63) is 29.3 Å². The van der Waals surface area contributed by atoms with E-state index in [1.807, 2.05) is 0 Å². The maximum absolute atomic E-state index is 11.4. The monoisotopic (exact) mass is 286 g/mol. The lowest BCUT2D eigenvalue weighted by molar-refractivity contribution is -0.138. The van der Waals surface area contributed by atoms with Crippen LogP contribution in [-0.4, -0.2) is 32.1 Å². The number of rotatable bonds is 5. The molecule has 1 aliphatic heterocycles. The molecule has 2 rings (SSSR count). The average Bonchev–Trinajstić information content (AvgIpc) is 3.10. The molecule has 1 aliphatic rings. The van der Waals surface area contributed by atoms with E-state index in [-0.39, 0.29) is 17.4 Å². The van der Waals surface area contributed by atoms with Gasteiger partial charge in [-0.25, -0.2) is 13.6 Å². The van der Waals surface area contributed by atoms with Gasteiger partial charge >= 0.3 is 5.97 Å². The minimum Gasteiger partial charge on any atom is -0.480 e. The van der Waals surface area contributed by atoms with Crippen LogP contribution in [0.4, 0.5) is 0 Å². The Morgan fingerprint density at radius 3 is 2.63 bits per heavy atom. The Morgan fingerprint density at radius 2 is 2.16 bits per heavy atom. The minimum atomic E-state index is -3.83. The minimum absolute atomic E-state index is 0.00245. The molecule has 1 fully saturated rings. The van der Waals surface area contributed by atoms with E-state index >= 15 is 0 Å². The lowest BCUT2D eigenvalue weighted by Crippen LogP contribution is -2.32. The van der Waals surface area contributed by atoms with Crippen molar-refractivity contribution in [3.8, 4) is 0 Å². The highest BCUT2D eigenvalue weighted by molar-refractivity contribution is 7.89. The normalized spacial score (nSPS) is 20.0. The zero-order chi connectivity index (χ0) is 14.2. The standard InChI is InChI=1S/C11H14N2O5S/c12-8(11(14)15)4-6-1-2-10(19(13,16)17)7(3-6)9-5-18-9/h1-3,8-9H,4-5,12H2,(H,14,15)(H2,13,16,17). The molecule has 0 radical (unpaired) electrons. The van der Waals surface area contributed by atoms with Gasteiger partial charge in [0, 0.05) is 5.56 Å². The van der Waals surface area contributed by atoms with Gasteiger partial charge in [0.2, 0.25) is 10.0 Å². The summed E-state index contributed by atoms with van der Waals surface area (Å²) in [6.45, 7) is 0.428. The molecular formula is C11H14N2O5S. The molecule has 0 aliphatic carbocycles. The second-order valence-electron chi connectivity index (χ2n) is 4.39. The van der Waals surface area contributed by atoms with Gasteiger partial charge in [-0.3, -0.25) is 4.79 Å². The summed E-state index contributed by atoms with van der Waals surface area (Å²) in [5.74, 6) is -1.11. The number of benzene rings is 1. The molecule has 0 spiro atoms. The number of hydrogen-bond donors (Lipinski definition) is 3. The Balaban J connectivity index is 2.34. The molecule has 5 N–H and O–H groups in total. The van der Waals surface area contributed by atoms with E-state index in [0.717, 1.165) is 0 Å². The van der Waals surface area contributed by atoms with Crippen molar-refractivity contribution >= 4 is 16.0 Å². The Hall–Kier alpha value is -1.48. The van der Waals surface area contributed by atoms with Gasteiger partial charge in [0.15, 0.2) is 0 Å². The highest BCUT2D eigenvalue weighted by Crippen LogP contribution is 2.34. The summed E-state index contributed by atoms with van der Waals surface area (Å²) < 4.78 is 27.9. The zero-order valence-electron chi connectivity index (χ0n) is 9.94. The third-order valence-corrected chi connectivity index (χ3v) is 3.82. The van der Waals surface area contributed by atoms with Gasteiger partial charge < -0.3 is 15.6 Å². The highest BCUT2D eigenvalue weighted by Gasteiger charge is 2.31. The lowest BCUT2D eigenvalue weighted by Gasteiger charge is -2.10. The van der Waals surface area contributed by atoms with Crippen LogP contribution >= 0.6 is 0 Å². The summed E-state index contributed by atoms with van der Waals surface area (Å²) >= 11 is 0. The van der Waals surface area contributed by atoms with Gasteiger partial charge in [0.25, 0.3) is 0 Å². The SMILES string of the molecule is NC(Cc1ccc(S(N)(=O)=O)c(C2CO2)c1)C(=O)O. The van der Waals surface area contributed by atoms with Crippen molar-refractivity contribution in [2.45, 2.75) is 23.5 Å². The molecule has 104 valence electrons. The van der Waals surface area contributed by atoms with Crippen molar-refractivity contribution < 1.29 is 23.1 Å². The van der Waals surface area contributed by atoms with Crippen molar-refractivity contribution in [3.63, 3.8) is 0 Å². The van der Waals surface area contributed by atoms with E-state index < -0.39 is 22.0 Å². The topological polar surface area (TPSA) is 136 Å². The molecule has 0 aromatic heterocycles. The number of hydrogen-bond acceptors (Lipinski definition) is 5.